The number of hydrogen-bond donors (Lipinski definition) is 0. The zero-order valence-electron chi connectivity index (χ0n) is 5.18. The molecule has 9 heavy (non-hydrogen) atoms. The van der Waals surface area contributed by atoms with E-state index in [1.807, 2.05) is 6.92 Å². The van der Waals surface area contributed by atoms with Crippen LogP contribution in [-0.4, -0.2) is 12.8 Å². The van der Waals surface area contributed by atoms with E-state index in [0.717, 1.165) is 11.5 Å². The van der Waals surface area contributed by atoms with Crippen LogP contribution in [0.2, 0.25) is 0 Å². The third kappa shape index (κ3) is 1.08. The van der Waals surface area contributed by atoms with E-state index < -0.39 is 0 Å². The van der Waals surface area contributed by atoms with E-state index in [1.54, 1.807) is 7.11 Å². The SMILES string of the molecule is COC1=C(Br)[N]N=C1C. The molecule has 0 saturated carbocycles. The van der Waals surface area contributed by atoms with Gasteiger partial charge in [-0.2, -0.15) is 5.10 Å². The first kappa shape index (κ1) is 6.61. The summed E-state index contributed by atoms with van der Waals surface area (Å²) in [6.07, 6.45) is 0. The monoisotopic (exact) mass is 189 g/mol. The number of nitrogens with zero attached hydrogens (tertiary/aromatic N) is 2. The Morgan fingerprint density at radius 2 is 2.22 bits per heavy atom. The van der Waals surface area contributed by atoms with Crippen LogP contribution in [0.25, 0.3) is 0 Å². The van der Waals surface area contributed by atoms with Crippen molar-refractivity contribution in [3.8, 4) is 0 Å². The number of ether oxygens (including phenoxy) is 1. The first-order chi connectivity index (χ1) is 4.25. The van der Waals surface area contributed by atoms with Crippen molar-refractivity contribution in [2.75, 3.05) is 7.11 Å². The second-order valence-electron chi connectivity index (χ2n) is 1.61. The standard InChI is InChI=1S/C5H6BrN2O/c1-3-4(9-2)5(6)8-7-3/h1-2H3. The summed E-state index contributed by atoms with van der Waals surface area (Å²) in [5.41, 5.74) is 4.54. The van der Waals surface area contributed by atoms with E-state index >= 15 is 0 Å². The Hall–Kier alpha value is -0.510. The molecule has 0 aromatic rings. The summed E-state index contributed by atoms with van der Waals surface area (Å²) in [5.74, 6) is 0.718. The molecule has 4 heteroatoms. The number of hydrogen-bond acceptors (Lipinski definition) is 2. The lowest BCUT2D eigenvalue weighted by Gasteiger charge is -1.96. The molecule has 1 aliphatic heterocycles. The Morgan fingerprint density at radius 3 is 2.44 bits per heavy atom. The van der Waals surface area contributed by atoms with Crippen molar-refractivity contribution in [1.29, 1.82) is 0 Å². The normalized spacial score (nSPS) is 17.4. The highest BCUT2D eigenvalue weighted by molar-refractivity contribution is 9.11. The van der Waals surface area contributed by atoms with Gasteiger partial charge in [0.05, 0.1) is 7.11 Å². The van der Waals surface area contributed by atoms with Crippen LogP contribution in [0, 0.1) is 0 Å². The molecule has 0 unspecified atom stereocenters. The Bertz CT molecular complexity index is 185. The van der Waals surface area contributed by atoms with E-state index in [-0.39, 0.29) is 0 Å². The van der Waals surface area contributed by atoms with Crippen molar-refractivity contribution in [3.63, 3.8) is 0 Å². The third-order valence-corrected chi connectivity index (χ3v) is 1.53. The smallest absolute Gasteiger partial charge is 0.176 e. The van der Waals surface area contributed by atoms with Crippen molar-refractivity contribution in [3.05, 3.63) is 10.4 Å². The first-order valence-electron chi connectivity index (χ1n) is 2.45. The average Bonchev–Trinajstić information content (AvgIpc) is 2.12. The molecule has 0 N–H and O–H groups in total. The molecule has 0 aromatic heterocycles. The molecule has 0 bridgehead atoms. The molecule has 1 aliphatic rings. The summed E-state index contributed by atoms with van der Waals surface area (Å²) in [7, 11) is 1.59. The second kappa shape index (κ2) is 2.39. The molecule has 3 nitrogen and oxygen atoms in total. The lowest BCUT2D eigenvalue weighted by atomic mass is 10.4. The Kier molecular flexibility index (Phi) is 1.75. The van der Waals surface area contributed by atoms with Gasteiger partial charge in [-0.15, -0.1) is 5.43 Å². The fourth-order valence-corrected chi connectivity index (χ4v) is 1.12. The lowest BCUT2D eigenvalue weighted by Crippen LogP contribution is -1.95. The van der Waals surface area contributed by atoms with Gasteiger partial charge in [-0.25, -0.2) is 0 Å². The van der Waals surface area contributed by atoms with Gasteiger partial charge in [0.1, 0.15) is 5.71 Å². The Labute approximate surface area is 61.9 Å². The van der Waals surface area contributed by atoms with E-state index in [1.165, 1.54) is 0 Å². The van der Waals surface area contributed by atoms with Gasteiger partial charge in [0.2, 0.25) is 0 Å². The fourth-order valence-electron chi connectivity index (χ4n) is 0.591. The summed E-state index contributed by atoms with van der Waals surface area (Å²) in [4.78, 5) is 0. The van der Waals surface area contributed by atoms with Gasteiger partial charge in [0.25, 0.3) is 0 Å². The lowest BCUT2D eigenvalue weighted by molar-refractivity contribution is 0.314. The number of allylic oxidation sites excluding steroid dienone is 1. The molecule has 0 spiro atoms. The van der Waals surface area contributed by atoms with Crippen LogP contribution in [0.4, 0.5) is 0 Å². The van der Waals surface area contributed by atoms with Crippen molar-refractivity contribution >= 4 is 21.6 Å². The molecule has 0 aliphatic carbocycles. The van der Waals surface area contributed by atoms with Crippen LogP contribution in [0.1, 0.15) is 6.92 Å². The van der Waals surface area contributed by atoms with E-state index in [9.17, 15) is 0 Å². The number of rotatable bonds is 1. The second-order valence-corrected chi connectivity index (χ2v) is 2.36. The van der Waals surface area contributed by atoms with Crippen LogP contribution < -0.4 is 5.43 Å². The van der Waals surface area contributed by atoms with Gasteiger partial charge < -0.3 is 4.74 Å². The number of methoxy groups -OCH3 is 1. The highest BCUT2D eigenvalue weighted by Crippen LogP contribution is 2.17. The maximum atomic E-state index is 4.94. The summed E-state index contributed by atoms with van der Waals surface area (Å²) >= 11 is 3.18. The predicted octanol–water partition coefficient (Wildman–Crippen LogP) is 1.19. The molecule has 0 aromatic carbocycles. The molecule has 49 valence electrons. The molecule has 0 fully saturated rings. The fraction of sp³-hybridized carbons (Fsp3) is 0.400. The Balaban J connectivity index is 2.83. The topological polar surface area (TPSA) is 35.7 Å². The zero-order chi connectivity index (χ0) is 6.85. The molecular weight excluding hydrogens is 184 g/mol. The van der Waals surface area contributed by atoms with E-state index in [0.29, 0.717) is 4.61 Å². The Morgan fingerprint density at radius 1 is 1.56 bits per heavy atom. The minimum Gasteiger partial charge on any atom is -0.492 e. The van der Waals surface area contributed by atoms with Crippen LogP contribution in [0.3, 0.4) is 0 Å². The molecule has 1 heterocycles. The number of halogens is 1. The summed E-state index contributed by atoms with van der Waals surface area (Å²) in [6, 6.07) is 0. The van der Waals surface area contributed by atoms with Crippen LogP contribution >= 0.6 is 15.9 Å². The van der Waals surface area contributed by atoms with Crippen molar-refractivity contribution in [2.45, 2.75) is 6.92 Å². The van der Waals surface area contributed by atoms with Gasteiger partial charge >= 0.3 is 0 Å². The molecule has 1 radical (unpaired) electrons. The van der Waals surface area contributed by atoms with E-state index in [2.05, 4.69) is 26.5 Å². The van der Waals surface area contributed by atoms with Gasteiger partial charge in [-0.3, -0.25) is 0 Å². The van der Waals surface area contributed by atoms with Gasteiger partial charge in [0.15, 0.2) is 10.4 Å². The minimum atomic E-state index is 0.669. The van der Waals surface area contributed by atoms with Gasteiger partial charge in [-0.1, -0.05) is 0 Å². The highest BCUT2D eigenvalue weighted by Gasteiger charge is 2.15. The quantitative estimate of drug-likeness (QED) is 0.572. The molecule has 0 saturated heterocycles. The summed E-state index contributed by atoms with van der Waals surface area (Å²) in [6.45, 7) is 1.84. The van der Waals surface area contributed by atoms with Crippen LogP contribution in [-0.2, 0) is 4.74 Å². The maximum absolute atomic E-state index is 4.94. The van der Waals surface area contributed by atoms with Crippen LogP contribution in [0.15, 0.2) is 15.5 Å². The van der Waals surface area contributed by atoms with Gasteiger partial charge in [0, 0.05) is 0 Å². The third-order valence-electron chi connectivity index (χ3n) is 1.01. The predicted molar refractivity (Wildman–Crippen MR) is 38.2 cm³/mol. The van der Waals surface area contributed by atoms with E-state index in [4.69, 9.17) is 4.74 Å². The van der Waals surface area contributed by atoms with Crippen molar-refractivity contribution < 1.29 is 4.74 Å². The van der Waals surface area contributed by atoms with Crippen LogP contribution in [0.5, 0.6) is 0 Å². The minimum absolute atomic E-state index is 0.669. The first-order valence-corrected chi connectivity index (χ1v) is 3.24. The van der Waals surface area contributed by atoms with Crippen molar-refractivity contribution in [1.82, 2.24) is 5.43 Å². The molecule has 0 amide bonds. The largest absolute Gasteiger partial charge is 0.492 e. The van der Waals surface area contributed by atoms with Crippen molar-refractivity contribution in [2.24, 2.45) is 5.10 Å². The average molecular weight is 190 g/mol. The van der Waals surface area contributed by atoms with Gasteiger partial charge in [-0.05, 0) is 22.9 Å². The summed E-state index contributed by atoms with van der Waals surface area (Å²) < 4.78 is 5.61. The molecule has 1 rings (SSSR count). The molecular formula is C5H6BrN2O. The zero-order valence-corrected chi connectivity index (χ0v) is 6.77. The molecule has 0 atom stereocenters. The highest BCUT2D eigenvalue weighted by atomic mass is 79.9. The summed E-state index contributed by atoms with van der Waals surface area (Å²) in [5, 5.41) is 3.77. The maximum Gasteiger partial charge on any atom is 0.176 e.